The number of para-hydroxylation sites is 1. The lowest BCUT2D eigenvalue weighted by Gasteiger charge is -2.32. The molecule has 0 radical (unpaired) electrons. The number of hydrogen-bond donors (Lipinski definition) is 2. The highest BCUT2D eigenvalue weighted by atomic mass is 16.2. The summed E-state index contributed by atoms with van der Waals surface area (Å²) >= 11 is 0. The van der Waals surface area contributed by atoms with E-state index in [0.717, 1.165) is 34.2 Å². The first-order valence-electron chi connectivity index (χ1n) is 9.39. The van der Waals surface area contributed by atoms with E-state index in [-0.39, 0.29) is 17.2 Å². The monoisotopic (exact) mass is 363 g/mol. The summed E-state index contributed by atoms with van der Waals surface area (Å²) in [6.45, 7) is 10.7. The van der Waals surface area contributed by atoms with Crippen LogP contribution in [0.3, 0.4) is 0 Å². The Labute approximate surface area is 159 Å². The number of nitrogens with zero attached hydrogens (tertiary/aromatic N) is 1. The van der Waals surface area contributed by atoms with E-state index in [2.05, 4.69) is 36.8 Å². The quantitative estimate of drug-likeness (QED) is 0.820. The molecule has 5 heteroatoms. The molecule has 2 aliphatic rings. The number of amides is 2. The molecular weight excluding hydrogens is 338 g/mol. The Kier molecular flexibility index (Phi) is 3.98. The molecule has 5 nitrogen and oxygen atoms in total. The van der Waals surface area contributed by atoms with Crippen molar-refractivity contribution in [1.82, 2.24) is 15.2 Å². The van der Waals surface area contributed by atoms with Crippen molar-refractivity contribution in [2.75, 3.05) is 6.54 Å². The van der Waals surface area contributed by atoms with E-state index in [9.17, 15) is 9.59 Å². The van der Waals surface area contributed by atoms with Crippen molar-refractivity contribution >= 4 is 22.7 Å². The third-order valence-electron chi connectivity index (χ3n) is 5.85. The maximum absolute atomic E-state index is 13.0. The SMILES string of the molecule is C=CC(C)(C)c1[nH]c2ccccc2c1CC1NC(=O)C2=C(C)CCN2C1=O. The molecule has 1 aromatic heterocycles. The van der Waals surface area contributed by atoms with Crippen LogP contribution in [0.5, 0.6) is 0 Å². The zero-order valence-electron chi connectivity index (χ0n) is 16.1. The van der Waals surface area contributed by atoms with Gasteiger partial charge < -0.3 is 15.2 Å². The van der Waals surface area contributed by atoms with Gasteiger partial charge in [-0.15, -0.1) is 6.58 Å². The number of piperazine rings is 1. The molecule has 2 amide bonds. The number of aromatic nitrogens is 1. The summed E-state index contributed by atoms with van der Waals surface area (Å²) in [5.74, 6) is -0.159. The second-order valence-corrected chi connectivity index (χ2v) is 8.05. The number of benzene rings is 1. The van der Waals surface area contributed by atoms with Gasteiger partial charge in [-0.3, -0.25) is 9.59 Å². The summed E-state index contributed by atoms with van der Waals surface area (Å²) in [4.78, 5) is 30.8. The van der Waals surface area contributed by atoms with E-state index in [0.29, 0.717) is 18.7 Å². The molecule has 1 saturated heterocycles. The van der Waals surface area contributed by atoms with Crippen molar-refractivity contribution in [3.8, 4) is 0 Å². The van der Waals surface area contributed by atoms with Crippen molar-refractivity contribution in [3.05, 3.63) is 59.4 Å². The molecule has 2 aliphatic heterocycles. The molecule has 2 N–H and O–H groups in total. The smallest absolute Gasteiger partial charge is 0.268 e. The first-order valence-corrected chi connectivity index (χ1v) is 9.39. The van der Waals surface area contributed by atoms with E-state index >= 15 is 0 Å². The van der Waals surface area contributed by atoms with Crippen molar-refractivity contribution in [3.63, 3.8) is 0 Å². The number of H-pyrrole nitrogens is 1. The van der Waals surface area contributed by atoms with Crippen LogP contribution in [0.4, 0.5) is 0 Å². The first-order chi connectivity index (χ1) is 12.8. The molecule has 4 rings (SSSR count). The van der Waals surface area contributed by atoms with E-state index in [1.165, 1.54) is 0 Å². The van der Waals surface area contributed by atoms with Crippen LogP contribution in [0.1, 0.15) is 38.4 Å². The number of nitrogens with one attached hydrogen (secondary N) is 2. The first kappa shape index (κ1) is 17.6. The molecule has 1 unspecified atom stereocenters. The van der Waals surface area contributed by atoms with Gasteiger partial charge in [0.2, 0.25) is 5.91 Å². The molecule has 0 aliphatic carbocycles. The van der Waals surface area contributed by atoms with Gasteiger partial charge in [0.05, 0.1) is 0 Å². The fourth-order valence-electron chi connectivity index (χ4n) is 4.16. The van der Waals surface area contributed by atoms with Crippen LogP contribution in [-0.2, 0) is 21.4 Å². The highest BCUT2D eigenvalue weighted by Gasteiger charge is 2.41. The third-order valence-corrected chi connectivity index (χ3v) is 5.85. The van der Waals surface area contributed by atoms with Crippen LogP contribution in [0, 0.1) is 0 Å². The predicted octanol–water partition coefficient (Wildman–Crippen LogP) is 3.18. The highest BCUT2D eigenvalue weighted by molar-refractivity contribution is 6.06. The van der Waals surface area contributed by atoms with Gasteiger partial charge >= 0.3 is 0 Å². The van der Waals surface area contributed by atoms with Crippen molar-refractivity contribution in [1.29, 1.82) is 0 Å². The minimum atomic E-state index is -0.550. The lowest BCUT2D eigenvalue weighted by atomic mass is 9.84. The standard InChI is InChI=1S/C22H25N3O2/c1-5-22(3,4)19-15(14-8-6-7-9-16(14)23-19)12-17-21(27)25-11-10-13(2)18(25)20(26)24-17/h5-9,17,23H,1,10-12H2,2-4H3,(H,24,26). The van der Waals surface area contributed by atoms with Gasteiger partial charge in [-0.25, -0.2) is 0 Å². The number of hydrogen-bond acceptors (Lipinski definition) is 2. The van der Waals surface area contributed by atoms with Gasteiger partial charge in [0.25, 0.3) is 5.91 Å². The second kappa shape index (κ2) is 6.12. The Balaban J connectivity index is 1.76. The van der Waals surface area contributed by atoms with Gasteiger partial charge in [0, 0.05) is 35.0 Å². The zero-order chi connectivity index (χ0) is 19.3. The Morgan fingerprint density at radius 2 is 2.04 bits per heavy atom. The minimum absolute atomic E-state index is 0.0194. The maximum Gasteiger partial charge on any atom is 0.268 e. The third kappa shape index (κ3) is 2.69. The average molecular weight is 363 g/mol. The summed E-state index contributed by atoms with van der Waals surface area (Å²) in [6.07, 6.45) is 3.14. The topological polar surface area (TPSA) is 65.2 Å². The van der Waals surface area contributed by atoms with Crippen LogP contribution in [0.25, 0.3) is 10.9 Å². The summed E-state index contributed by atoms with van der Waals surface area (Å²) in [7, 11) is 0. The molecule has 3 heterocycles. The van der Waals surface area contributed by atoms with Gasteiger partial charge in [0.15, 0.2) is 0 Å². The van der Waals surface area contributed by atoms with Crippen molar-refractivity contribution < 1.29 is 9.59 Å². The average Bonchev–Trinajstić information content (AvgIpc) is 3.21. The lowest BCUT2D eigenvalue weighted by Crippen LogP contribution is -2.56. The normalized spacial score (nSPS) is 20.3. The number of carbonyl (C=O) groups excluding carboxylic acids is 2. The molecule has 0 spiro atoms. The van der Waals surface area contributed by atoms with E-state index < -0.39 is 6.04 Å². The predicted molar refractivity (Wildman–Crippen MR) is 106 cm³/mol. The number of rotatable bonds is 4. The van der Waals surface area contributed by atoms with Crippen LogP contribution in [-0.4, -0.2) is 34.3 Å². The highest BCUT2D eigenvalue weighted by Crippen LogP contribution is 2.34. The maximum atomic E-state index is 13.0. The summed E-state index contributed by atoms with van der Waals surface area (Å²) < 4.78 is 0. The Hall–Kier alpha value is -2.82. The fourth-order valence-corrected chi connectivity index (χ4v) is 4.16. The second-order valence-electron chi connectivity index (χ2n) is 8.05. The minimum Gasteiger partial charge on any atom is -0.357 e. The van der Waals surface area contributed by atoms with Gasteiger partial charge in [-0.1, -0.05) is 38.1 Å². The van der Waals surface area contributed by atoms with Crippen LogP contribution in [0.2, 0.25) is 0 Å². The number of fused-ring (bicyclic) bond motifs is 2. The van der Waals surface area contributed by atoms with Crippen molar-refractivity contribution in [2.24, 2.45) is 0 Å². The molecular formula is C22H25N3O2. The zero-order valence-corrected chi connectivity index (χ0v) is 16.1. The molecule has 1 fully saturated rings. The lowest BCUT2D eigenvalue weighted by molar-refractivity contribution is -0.139. The Morgan fingerprint density at radius 1 is 1.30 bits per heavy atom. The van der Waals surface area contributed by atoms with Gasteiger partial charge in [0.1, 0.15) is 11.7 Å². The van der Waals surface area contributed by atoms with E-state index in [1.54, 1.807) is 4.90 Å². The molecule has 140 valence electrons. The molecule has 0 bridgehead atoms. The van der Waals surface area contributed by atoms with Crippen LogP contribution >= 0.6 is 0 Å². The molecule has 27 heavy (non-hydrogen) atoms. The Morgan fingerprint density at radius 3 is 2.78 bits per heavy atom. The van der Waals surface area contributed by atoms with Gasteiger partial charge in [-0.2, -0.15) is 0 Å². The van der Waals surface area contributed by atoms with Crippen molar-refractivity contribution in [2.45, 2.75) is 45.1 Å². The summed E-state index contributed by atoms with van der Waals surface area (Å²) in [5.41, 5.74) is 4.40. The number of allylic oxidation sites excluding steroid dienone is 1. The Bertz CT molecular complexity index is 996. The van der Waals surface area contributed by atoms with E-state index in [4.69, 9.17) is 0 Å². The fraction of sp³-hybridized carbons (Fsp3) is 0.364. The number of aromatic amines is 1. The largest absolute Gasteiger partial charge is 0.357 e. The summed E-state index contributed by atoms with van der Waals surface area (Å²) in [6, 6.07) is 7.53. The van der Waals surface area contributed by atoms with E-state index in [1.807, 2.05) is 31.2 Å². The van der Waals surface area contributed by atoms with Crippen LogP contribution in [0.15, 0.2) is 48.2 Å². The van der Waals surface area contributed by atoms with Gasteiger partial charge in [-0.05, 0) is 30.5 Å². The molecule has 2 aromatic rings. The molecule has 1 aromatic carbocycles. The summed E-state index contributed by atoms with van der Waals surface area (Å²) in [5, 5.41) is 4.03. The van der Waals surface area contributed by atoms with Crippen LogP contribution < -0.4 is 5.32 Å². The molecule has 1 atom stereocenters. The molecule has 0 saturated carbocycles. The number of carbonyl (C=O) groups is 2.